The van der Waals surface area contributed by atoms with Crippen molar-refractivity contribution in [3.8, 4) is 0 Å². The normalized spacial score (nSPS) is 12.2. The molecule has 0 bridgehead atoms. The van der Waals surface area contributed by atoms with Crippen LogP contribution in [0.4, 0.5) is 11.4 Å². The predicted molar refractivity (Wildman–Crippen MR) is 62.5 cm³/mol. The van der Waals surface area contributed by atoms with E-state index in [0.717, 1.165) is 0 Å². The number of allylic oxidation sites excluding steroid dienone is 4. The van der Waals surface area contributed by atoms with Crippen molar-refractivity contribution >= 4 is 11.4 Å². The molecular formula is C11H12N2O2. The molecule has 4 heteroatoms. The van der Waals surface area contributed by atoms with Gasteiger partial charge in [0.15, 0.2) is 0 Å². The van der Waals surface area contributed by atoms with E-state index in [9.17, 15) is 9.59 Å². The molecule has 0 saturated carbocycles. The van der Waals surface area contributed by atoms with Crippen molar-refractivity contribution in [3.63, 3.8) is 0 Å². The lowest BCUT2D eigenvalue weighted by Crippen LogP contribution is -2.36. The van der Waals surface area contributed by atoms with E-state index in [2.05, 4.69) is 11.9 Å². The Kier molecular flexibility index (Phi) is 3.23. The summed E-state index contributed by atoms with van der Waals surface area (Å²) in [4.78, 5) is 21.9. The molecule has 0 fully saturated rings. The zero-order valence-corrected chi connectivity index (χ0v) is 8.41. The molecule has 1 rings (SSSR count). The zero-order valence-electron chi connectivity index (χ0n) is 8.41. The van der Waals surface area contributed by atoms with E-state index in [1.807, 2.05) is 13.0 Å². The first-order chi connectivity index (χ1) is 7.11. The Morgan fingerprint density at radius 3 is 2.53 bits per heavy atom. The fourth-order valence-corrected chi connectivity index (χ4v) is 1.04. The summed E-state index contributed by atoms with van der Waals surface area (Å²) in [5.41, 5.74) is 4.89. The summed E-state index contributed by atoms with van der Waals surface area (Å²) in [6.45, 7) is 5.43. The van der Waals surface area contributed by atoms with Gasteiger partial charge in [-0.3, -0.25) is 9.59 Å². The van der Waals surface area contributed by atoms with E-state index >= 15 is 0 Å². The largest absolute Gasteiger partial charge is 0.394 e. The molecule has 0 aliphatic rings. The molecule has 0 atom stereocenters. The number of anilines is 2. The minimum Gasteiger partial charge on any atom is -0.394 e. The fourth-order valence-electron chi connectivity index (χ4n) is 1.04. The van der Waals surface area contributed by atoms with Crippen LogP contribution in [0.2, 0.25) is 0 Å². The van der Waals surface area contributed by atoms with Gasteiger partial charge < -0.3 is 11.1 Å². The molecule has 1 aromatic rings. The molecule has 4 nitrogen and oxygen atoms in total. The fraction of sp³-hybridized carbons (Fsp3) is 0.0909. The van der Waals surface area contributed by atoms with Gasteiger partial charge in [0.25, 0.3) is 10.9 Å². The molecule has 0 amide bonds. The average molecular weight is 204 g/mol. The van der Waals surface area contributed by atoms with Gasteiger partial charge in [-0.05, 0) is 19.1 Å². The van der Waals surface area contributed by atoms with Gasteiger partial charge in [-0.2, -0.15) is 0 Å². The number of nitrogens with one attached hydrogen (secondary N) is 1. The standard InChI is InChI=1S/C11H12N2O2/c1-3-5-6-7(4-2)13-9-8(12)10(14)11(9)15/h3-6,13H,2,12H2,1H3/b5-3-,7-6+. The highest BCUT2D eigenvalue weighted by molar-refractivity contribution is 5.73. The summed E-state index contributed by atoms with van der Waals surface area (Å²) in [6, 6.07) is 0. The molecule has 0 heterocycles. The van der Waals surface area contributed by atoms with Crippen LogP contribution < -0.4 is 21.9 Å². The number of rotatable bonds is 4. The van der Waals surface area contributed by atoms with Crippen LogP contribution in [-0.2, 0) is 0 Å². The van der Waals surface area contributed by atoms with E-state index in [0.29, 0.717) is 5.70 Å². The summed E-state index contributed by atoms with van der Waals surface area (Å²) in [5, 5.41) is 2.74. The van der Waals surface area contributed by atoms with Gasteiger partial charge >= 0.3 is 0 Å². The molecule has 0 spiro atoms. The van der Waals surface area contributed by atoms with Gasteiger partial charge in [0.2, 0.25) is 0 Å². The Hall–Kier alpha value is -2.10. The summed E-state index contributed by atoms with van der Waals surface area (Å²) >= 11 is 0. The summed E-state index contributed by atoms with van der Waals surface area (Å²) < 4.78 is 0. The van der Waals surface area contributed by atoms with Gasteiger partial charge in [-0.15, -0.1) is 0 Å². The van der Waals surface area contributed by atoms with Crippen molar-refractivity contribution in [2.24, 2.45) is 0 Å². The summed E-state index contributed by atoms with van der Waals surface area (Å²) in [5.74, 6) is 0. The van der Waals surface area contributed by atoms with E-state index in [4.69, 9.17) is 5.73 Å². The molecule has 0 radical (unpaired) electrons. The Labute approximate surface area is 87.1 Å². The maximum Gasteiger partial charge on any atom is 0.253 e. The summed E-state index contributed by atoms with van der Waals surface area (Å²) in [6.07, 6.45) is 6.88. The van der Waals surface area contributed by atoms with Crippen LogP contribution >= 0.6 is 0 Å². The van der Waals surface area contributed by atoms with Gasteiger partial charge in [0.1, 0.15) is 11.4 Å². The molecular weight excluding hydrogens is 192 g/mol. The zero-order chi connectivity index (χ0) is 11.4. The first-order valence-corrected chi connectivity index (χ1v) is 4.43. The Balaban J connectivity index is 2.91. The molecule has 0 aromatic heterocycles. The second-order valence-electron chi connectivity index (χ2n) is 2.92. The number of nitrogen functional groups attached to an aromatic ring is 1. The molecule has 0 aliphatic heterocycles. The van der Waals surface area contributed by atoms with E-state index < -0.39 is 10.9 Å². The van der Waals surface area contributed by atoms with E-state index in [1.54, 1.807) is 12.2 Å². The van der Waals surface area contributed by atoms with Crippen molar-refractivity contribution < 1.29 is 0 Å². The molecule has 78 valence electrons. The van der Waals surface area contributed by atoms with Crippen molar-refractivity contribution in [2.45, 2.75) is 6.92 Å². The highest BCUT2D eigenvalue weighted by Crippen LogP contribution is 2.12. The van der Waals surface area contributed by atoms with Crippen molar-refractivity contribution in [1.29, 1.82) is 0 Å². The quantitative estimate of drug-likeness (QED) is 0.565. The minimum absolute atomic E-state index is 0.0202. The molecule has 15 heavy (non-hydrogen) atoms. The van der Waals surface area contributed by atoms with Crippen LogP contribution in [0.3, 0.4) is 0 Å². The molecule has 3 N–H and O–H groups in total. The maximum atomic E-state index is 11.1. The van der Waals surface area contributed by atoms with Crippen LogP contribution in [0.15, 0.2) is 46.2 Å². The minimum atomic E-state index is -0.632. The summed E-state index contributed by atoms with van der Waals surface area (Å²) in [7, 11) is 0. The van der Waals surface area contributed by atoms with Crippen LogP contribution in [-0.4, -0.2) is 0 Å². The van der Waals surface area contributed by atoms with E-state index in [-0.39, 0.29) is 11.4 Å². The predicted octanol–water partition coefficient (Wildman–Crippen LogP) is 0.923. The third kappa shape index (κ3) is 2.04. The van der Waals surface area contributed by atoms with Crippen molar-refractivity contribution in [3.05, 3.63) is 57.0 Å². The van der Waals surface area contributed by atoms with Crippen LogP contribution in [0.25, 0.3) is 0 Å². The number of nitrogens with two attached hydrogens (primary N) is 1. The molecule has 0 unspecified atom stereocenters. The molecule has 1 aromatic carbocycles. The SMILES string of the molecule is C=C/C(=C\C=C/C)Nc1c(N)c(=O)c1=O. The molecule has 0 saturated heterocycles. The average Bonchev–Trinajstić information content (AvgIpc) is 2.28. The Morgan fingerprint density at radius 2 is 2.07 bits per heavy atom. The van der Waals surface area contributed by atoms with E-state index in [1.165, 1.54) is 6.08 Å². The first-order valence-electron chi connectivity index (χ1n) is 4.43. The second kappa shape index (κ2) is 4.41. The van der Waals surface area contributed by atoms with Crippen LogP contribution in [0.5, 0.6) is 0 Å². The lowest BCUT2D eigenvalue weighted by Gasteiger charge is -2.09. The lowest BCUT2D eigenvalue weighted by molar-refractivity contribution is 1.36. The molecule has 0 aliphatic carbocycles. The highest BCUT2D eigenvalue weighted by Gasteiger charge is 2.17. The van der Waals surface area contributed by atoms with Gasteiger partial charge in [0.05, 0.1) is 0 Å². The smallest absolute Gasteiger partial charge is 0.253 e. The Morgan fingerprint density at radius 1 is 1.40 bits per heavy atom. The van der Waals surface area contributed by atoms with Gasteiger partial charge in [-0.1, -0.05) is 18.7 Å². The topological polar surface area (TPSA) is 72.2 Å². The third-order valence-corrected chi connectivity index (χ3v) is 1.90. The second-order valence-corrected chi connectivity index (χ2v) is 2.92. The van der Waals surface area contributed by atoms with Crippen molar-refractivity contribution in [2.75, 3.05) is 11.1 Å². The maximum absolute atomic E-state index is 11.1. The van der Waals surface area contributed by atoms with Gasteiger partial charge in [-0.25, -0.2) is 0 Å². The third-order valence-electron chi connectivity index (χ3n) is 1.90. The number of hydrogen-bond acceptors (Lipinski definition) is 4. The first kappa shape index (κ1) is 11.0. The Bertz CT molecular complexity index is 503. The van der Waals surface area contributed by atoms with Crippen molar-refractivity contribution in [1.82, 2.24) is 0 Å². The van der Waals surface area contributed by atoms with Crippen LogP contribution in [0.1, 0.15) is 6.92 Å². The highest BCUT2D eigenvalue weighted by atomic mass is 16.2. The van der Waals surface area contributed by atoms with Gasteiger partial charge in [0, 0.05) is 5.70 Å². The lowest BCUT2D eigenvalue weighted by atomic mass is 10.2. The monoisotopic (exact) mass is 204 g/mol. The number of hydrogen-bond donors (Lipinski definition) is 2. The van der Waals surface area contributed by atoms with Crippen LogP contribution in [0, 0.1) is 0 Å².